The van der Waals surface area contributed by atoms with E-state index in [1.54, 1.807) is 0 Å². The van der Waals surface area contributed by atoms with Crippen molar-refractivity contribution in [3.8, 4) is 0 Å². The first-order valence-corrected chi connectivity index (χ1v) is 8.58. The Balaban J connectivity index is 1.88. The predicted molar refractivity (Wildman–Crippen MR) is 96.8 cm³/mol. The molecule has 2 atom stereocenters. The van der Waals surface area contributed by atoms with Crippen molar-refractivity contribution in [1.29, 1.82) is 0 Å². The Morgan fingerprint density at radius 2 is 1.91 bits per heavy atom. The highest BCUT2D eigenvalue weighted by Gasteiger charge is 2.48. The van der Waals surface area contributed by atoms with Crippen molar-refractivity contribution in [2.45, 2.75) is 59.5 Å². The summed E-state index contributed by atoms with van der Waals surface area (Å²) in [6, 6.07) is 6.50. The molecule has 3 rings (SSSR count). The third kappa shape index (κ3) is 2.86. The molecule has 1 aromatic carbocycles. The maximum absolute atomic E-state index is 5.62. The minimum atomic E-state index is -0.100. The lowest BCUT2D eigenvalue weighted by Gasteiger charge is -2.45. The van der Waals surface area contributed by atoms with Gasteiger partial charge in [0.2, 0.25) is 0 Å². The van der Waals surface area contributed by atoms with Gasteiger partial charge < -0.3 is 5.32 Å². The minimum Gasteiger partial charge on any atom is -0.342 e. The van der Waals surface area contributed by atoms with Crippen LogP contribution in [0.3, 0.4) is 0 Å². The highest BCUT2D eigenvalue weighted by molar-refractivity contribution is 7.80. The van der Waals surface area contributed by atoms with Crippen LogP contribution in [0, 0.1) is 25.2 Å². The van der Waals surface area contributed by atoms with Gasteiger partial charge >= 0.3 is 0 Å². The van der Waals surface area contributed by atoms with E-state index in [-0.39, 0.29) is 5.66 Å². The van der Waals surface area contributed by atoms with E-state index in [4.69, 9.17) is 12.2 Å². The van der Waals surface area contributed by atoms with Crippen LogP contribution in [-0.4, -0.2) is 10.8 Å². The second kappa shape index (κ2) is 5.20. The van der Waals surface area contributed by atoms with Crippen LogP contribution in [0.4, 0.5) is 5.69 Å². The molecule has 2 N–H and O–H groups in total. The van der Waals surface area contributed by atoms with Crippen molar-refractivity contribution < 1.29 is 0 Å². The zero-order valence-electron chi connectivity index (χ0n) is 14.3. The molecule has 0 radical (unpaired) electrons. The average Bonchev–Trinajstić information content (AvgIpc) is 2.66. The van der Waals surface area contributed by atoms with E-state index in [1.165, 1.54) is 17.5 Å². The van der Waals surface area contributed by atoms with Crippen LogP contribution < -0.4 is 15.8 Å². The van der Waals surface area contributed by atoms with E-state index >= 15 is 0 Å². The van der Waals surface area contributed by atoms with Gasteiger partial charge in [0.15, 0.2) is 5.11 Å². The van der Waals surface area contributed by atoms with Crippen LogP contribution in [0.1, 0.15) is 51.2 Å². The summed E-state index contributed by atoms with van der Waals surface area (Å²) < 4.78 is 0. The molecule has 0 bridgehead atoms. The number of thiocarbonyl (C=S) groups is 1. The number of anilines is 1. The monoisotopic (exact) mass is 317 g/mol. The largest absolute Gasteiger partial charge is 0.342 e. The fourth-order valence-corrected chi connectivity index (χ4v) is 4.70. The van der Waals surface area contributed by atoms with Crippen LogP contribution in [0.15, 0.2) is 18.2 Å². The van der Waals surface area contributed by atoms with Crippen LogP contribution in [-0.2, 0) is 0 Å². The molecule has 1 aliphatic carbocycles. The van der Waals surface area contributed by atoms with E-state index in [0.717, 1.165) is 23.6 Å². The molecule has 1 aromatic rings. The molecule has 0 unspecified atom stereocenters. The number of aryl methyl sites for hydroxylation is 2. The fraction of sp³-hybridized carbons (Fsp3) is 0.611. The zero-order chi connectivity index (χ0) is 16.1. The molecule has 1 saturated heterocycles. The Bertz CT molecular complexity index is 610. The van der Waals surface area contributed by atoms with Crippen molar-refractivity contribution >= 4 is 23.0 Å². The van der Waals surface area contributed by atoms with Crippen molar-refractivity contribution in [2.75, 3.05) is 5.01 Å². The number of hydrogen-bond donors (Lipinski definition) is 2. The fourth-order valence-electron chi connectivity index (χ4n) is 4.35. The first-order valence-electron chi connectivity index (χ1n) is 8.17. The highest BCUT2D eigenvalue weighted by atomic mass is 32.1. The van der Waals surface area contributed by atoms with Crippen LogP contribution in [0.25, 0.3) is 0 Å². The molecule has 120 valence electrons. The molecule has 2 aliphatic rings. The summed E-state index contributed by atoms with van der Waals surface area (Å²) in [6.45, 7) is 11.3. The summed E-state index contributed by atoms with van der Waals surface area (Å²) in [6.07, 6.45) is 3.47. The van der Waals surface area contributed by atoms with Crippen molar-refractivity contribution in [3.63, 3.8) is 0 Å². The molecule has 0 amide bonds. The first-order chi connectivity index (χ1) is 10.2. The Morgan fingerprint density at radius 3 is 2.55 bits per heavy atom. The van der Waals surface area contributed by atoms with Crippen molar-refractivity contribution in [1.82, 2.24) is 10.7 Å². The molecule has 2 fully saturated rings. The maximum Gasteiger partial charge on any atom is 0.189 e. The molecular formula is C18H27N3S. The van der Waals surface area contributed by atoms with Gasteiger partial charge in [-0.25, -0.2) is 5.43 Å². The lowest BCUT2D eigenvalue weighted by molar-refractivity contribution is 0.0828. The molecular weight excluding hydrogens is 290 g/mol. The number of benzene rings is 1. The number of hydrogen-bond acceptors (Lipinski definition) is 2. The van der Waals surface area contributed by atoms with Gasteiger partial charge in [0.25, 0.3) is 0 Å². The highest BCUT2D eigenvalue weighted by Crippen LogP contribution is 2.44. The van der Waals surface area contributed by atoms with Gasteiger partial charge in [-0.3, -0.25) is 5.01 Å². The Morgan fingerprint density at radius 1 is 1.18 bits per heavy atom. The van der Waals surface area contributed by atoms with Crippen LogP contribution in [0.5, 0.6) is 0 Å². The number of nitrogens with zero attached hydrogens (tertiary/aromatic N) is 1. The van der Waals surface area contributed by atoms with Gasteiger partial charge in [0.05, 0.1) is 5.69 Å². The number of rotatable bonds is 1. The summed E-state index contributed by atoms with van der Waals surface area (Å²) >= 11 is 5.62. The zero-order valence-corrected chi connectivity index (χ0v) is 15.1. The minimum absolute atomic E-state index is 0.100. The van der Waals surface area contributed by atoms with Gasteiger partial charge in [-0.15, -0.1) is 0 Å². The molecule has 1 aliphatic heterocycles. The van der Waals surface area contributed by atoms with Gasteiger partial charge in [-0.2, -0.15) is 0 Å². The lowest BCUT2D eigenvalue weighted by Crippen LogP contribution is -2.57. The maximum atomic E-state index is 5.62. The van der Waals surface area contributed by atoms with Gasteiger partial charge in [-0.1, -0.05) is 26.8 Å². The SMILES string of the molecule is Cc1ccc(N2N[C@]3(C[C@H](C)CC(C)(C)C3)NC2=S)cc1C. The summed E-state index contributed by atoms with van der Waals surface area (Å²) in [5.41, 5.74) is 7.63. The molecule has 4 heteroatoms. The van der Waals surface area contributed by atoms with Gasteiger partial charge in [0, 0.05) is 0 Å². The van der Waals surface area contributed by atoms with Gasteiger partial charge in [0.1, 0.15) is 5.66 Å². The molecule has 1 spiro atoms. The topological polar surface area (TPSA) is 27.3 Å². The van der Waals surface area contributed by atoms with Crippen LogP contribution in [0.2, 0.25) is 0 Å². The van der Waals surface area contributed by atoms with Crippen molar-refractivity contribution in [3.05, 3.63) is 29.3 Å². The van der Waals surface area contributed by atoms with E-state index in [9.17, 15) is 0 Å². The number of hydrazine groups is 1. The summed E-state index contributed by atoms with van der Waals surface area (Å²) in [5, 5.41) is 6.42. The predicted octanol–water partition coefficient (Wildman–Crippen LogP) is 4.05. The second-order valence-electron chi connectivity index (χ2n) is 8.08. The summed E-state index contributed by atoms with van der Waals surface area (Å²) in [7, 11) is 0. The van der Waals surface area contributed by atoms with E-state index in [2.05, 4.69) is 68.6 Å². The molecule has 3 nitrogen and oxygen atoms in total. The first kappa shape index (κ1) is 15.8. The molecule has 1 saturated carbocycles. The van der Waals surface area contributed by atoms with Gasteiger partial charge in [-0.05, 0) is 79.9 Å². The van der Waals surface area contributed by atoms with E-state index in [1.807, 2.05) is 0 Å². The van der Waals surface area contributed by atoms with Crippen LogP contribution >= 0.6 is 12.2 Å². The Kier molecular flexibility index (Phi) is 3.73. The summed E-state index contributed by atoms with van der Waals surface area (Å²) in [5.74, 6) is 0.686. The Hall–Kier alpha value is -1.13. The standard InChI is InChI=1S/C18H27N3S/c1-12-9-17(4,5)11-18(10-12)19-16(22)21(20-18)15-7-6-13(2)14(3)8-15/h6-8,12,20H,9-11H2,1-5H3,(H,19,22)/t12-,18+/m1/s1. The third-order valence-corrected chi connectivity index (χ3v) is 5.29. The smallest absolute Gasteiger partial charge is 0.189 e. The molecule has 0 aromatic heterocycles. The molecule has 22 heavy (non-hydrogen) atoms. The third-order valence-electron chi connectivity index (χ3n) is 5.00. The Labute approximate surface area is 139 Å². The number of nitrogens with one attached hydrogen (secondary N) is 2. The quantitative estimate of drug-likeness (QED) is 0.764. The van der Waals surface area contributed by atoms with E-state index < -0.39 is 0 Å². The second-order valence-corrected chi connectivity index (χ2v) is 8.47. The summed E-state index contributed by atoms with van der Waals surface area (Å²) in [4.78, 5) is 0. The molecule has 1 heterocycles. The lowest BCUT2D eigenvalue weighted by atomic mass is 9.68. The average molecular weight is 318 g/mol. The van der Waals surface area contributed by atoms with Crippen molar-refractivity contribution in [2.24, 2.45) is 11.3 Å². The normalized spacial score (nSPS) is 30.7. The van der Waals surface area contributed by atoms with E-state index in [0.29, 0.717) is 11.3 Å².